The second-order valence-corrected chi connectivity index (χ2v) is 9.63. The van der Waals surface area contributed by atoms with Crippen LogP contribution in [0, 0.1) is 0 Å². The Bertz CT molecular complexity index is 1240. The lowest BCUT2D eigenvalue weighted by atomic mass is 10.3. The molecule has 1 amide bonds. The van der Waals surface area contributed by atoms with Crippen molar-refractivity contribution >= 4 is 33.2 Å². The number of amides is 1. The molecular weight excluding hydrogens is 452 g/mol. The molecule has 0 radical (unpaired) electrons. The molecule has 2 aromatic carbocycles. The Morgan fingerprint density at radius 3 is 2.66 bits per heavy atom. The number of benzene rings is 2. The molecule has 8 nitrogen and oxygen atoms in total. The minimum Gasteiger partial charge on any atom is -0.492 e. The summed E-state index contributed by atoms with van der Waals surface area (Å²) in [5, 5.41) is 7.58. The highest BCUT2D eigenvalue weighted by Crippen LogP contribution is 2.31. The Kier molecular flexibility index (Phi) is 6.50. The monoisotopic (exact) mass is 474 g/mol. The molecule has 0 saturated carbocycles. The number of carbonyl (C=O) groups excluding carboxylic acids is 1. The van der Waals surface area contributed by atoms with Gasteiger partial charge in [-0.1, -0.05) is 17.7 Å². The molecular formula is C22H23ClN4O4S. The molecule has 1 aromatic heterocycles. The molecule has 1 aliphatic rings. The number of aromatic nitrogens is 2. The van der Waals surface area contributed by atoms with Crippen molar-refractivity contribution in [1.29, 1.82) is 0 Å². The van der Waals surface area contributed by atoms with Gasteiger partial charge in [-0.2, -0.15) is 9.40 Å². The zero-order valence-electron chi connectivity index (χ0n) is 17.5. The van der Waals surface area contributed by atoms with Gasteiger partial charge in [0.2, 0.25) is 10.0 Å². The molecule has 1 fully saturated rings. The van der Waals surface area contributed by atoms with Gasteiger partial charge in [0.1, 0.15) is 10.6 Å². The van der Waals surface area contributed by atoms with Crippen molar-refractivity contribution in [2.24, 2.45) is 0 Å². The van der Waals surface area contributed by atoms with Crippen LogP contribution in [0.2, 0.25) is 5.02 Å². The van der Waals surface area contributed by atoms with Gasteiger partial charge in [0, 0.05) is 30.0 Å². The molecule has 1 saturated heterocycles. The Balaban J connectivity index is 1.58. The van der Waals surface area contributed by atoms with Crippen LogP contribution in [0.3, 0.4) is 0 Å². The first-order valence-corrected chi connectivity index (χ1v) is 12.1. The first-order chi connectivity index (χ1) is 15.4. The van der Waals surface area contributed by atoms with Gasteiger partial charge in [-0.3, -0.25) is 4.79 Å². The number of carbonyl (C=O) groups is 1. The smallest absolute Gasteiger partial charge is 0.276 e. The highest BCUT2D eigenvalue weighted by molar-refractivity contribution is 7.89. The van der Waals surface area contributed by atoms with Crippen LogP contribution in [0.25, 0.3) is 5.69 Å². The number of hydrogen-bond donors (Lipinski definition) is 1. The maximum absolute atomic E-state index is 13.1. The first kappa shape index (κ1) is 22.3. The van der Waals surface area contributed by atoms with E-state index in [9.17, 15) is 13.2 Å². The largest absolute Gasteiger partial charge is 0.492 e. The van der Waals surface area contributed by atoms with Crippen molar-refractivity contribution in [2.75, 3.05) is 25.0 Å². The van der Waals surface area contributed by atoms with Crippen LogP contribution in [0.15, 0.2) is 59.6 Å². The summed E-state index contributed by atoms with van der Waals surface area (Å²) < 4.78 is 34.8. The molecule has 0 atom stereocenters. The van der Waals surface area contributed by atoms with Gasteiger partial charge >= 0.3 is 0 Å². The SMILES string of the molecule is CCOc1ccc(NC(=O)c2ccn(-c3cccc(Cl)c3)n2)cc1S(=O)(=O)N1CCCC1. The minimum absolute atomic E-state index is 0.0449. The van der Waals surface area contributed by atoms with Gasteiger partial charge in [-0.05, 0) is 62.2 Å². The fourth-order valence-corrected chi connectivity index (χ4v) is 5.39. The van der Waals surface area contributed by atoms with Crippen molar-refractivity contribution in [3.05, 3.63) is 65.4 Å². The molecule has 1 N–H and O–H groups in total. The van der Waals surface area contributed by atoms with E-state index in [1.807, 2.05) is 6.07 Å². The first-order valence-electron chi connectivity index (χ1n) is 10.3. The number of ether oxygens (including phenoxy) is 1. The number of nitrogens with zero attached hydrogens (tertiary/aromatic N) is 3. The van der Waals surface area contributed by atoms with E-state index in [-0.39, 0.29) is 16.3 Å². The predicted octanol–water partition coefficient (Wildman–Crippen LogP) is 3.96. The topological polar surface area (TPSA) is 93.5 Å². The molecule has 32 heavy (non-hydrogen) atoms. The van der Waals surface area contributed by atoms with E-state index < -0.39 is 15.9 Å². The lowest BCUT2D eigenvalue weighted by molar-refractivity contribution is 0.102. The summed E-state index contributed by atoms with van der Waals surface area (Å²) in [4.78, 5) is 12.8. The van der Waals surface area contributed by atoms with Crippen molar-refractivity contribution in [3.63, 3.8) is 0 Å². The van der Waals surface area contributed by atoms with Gasteiger partial charge in [0.15, 0.2) is 5.69 Å². The average molecular weight is 475 g/mol. The molecule has 2 heterocycles. The van der Waals surface area contributed by atoms with E-state index in [0.717, 1.165) is 18.5 Å². The van der Waals surface area contributed by atoms with E-state index in [1.165, 1.54) is 10.4 Å². The Labute approximate surface area is 191 Å². The van der Waals surface area contributed by atoms with Crippen LogP contribution in [0.1, 0.15) is 30.3 Å². The van der Waals surface area contributed by atoms with Crippen molar-refractivity contribution in [3.8, 4) is 11.4 Å². The molecule has 1 aliphatic heterocycles. The van der Waals surface area contributed by atoms with Gasteiger partial charge in [0.05, 0.1) is 12.3 Å². The van der Waals surface area contributed by atoms with Crippen molar-refractivity contribution in [2.45, 2.75) is 24.7 Å². The Morgan fingerprint density at radius 1 is 1.16 bits per heavy atom. The van der Waals surface area contributed by atoms with Crippen molar-refractivity contribution in [1.82, 2.24) is 14.1 Å². The molecule has 0 unspecified atom stereocenters. The van der Waals surface area contributed by atoms with E-state index in [2.05, 4.69) is 10.4 Å². The zero-order valence-corrected chi connectivity index (χ0v) is 19.1. The molecule has 3 aromatic rings. The third-order valence-electron chi connectivity index (χ3n) is 5.08. The molecule has 0 bridgehead atoms. The Morgan fingerprint density at radius 2 is 1.94 bits per heavy atom. The van der Waals surface area contributed by atoms with E-state index in [4.69, 9.17) is 16.3 Å². The van der Waals surface area contributed by atoms with E-state index in [0.29, 0.717) is 30.4 Å². The normalized spacial score (nSPS) is 14.4. The number of nitrogens with one attached hydrogen (secondary N) is 1. The number of sulfonamides is 1. The Hall–Kier alpha value is -2.88. The lowest BCUT2D eigenvalue weighted by Crippen LogP contribution is -2.28. The van der Waals surface area contributed by atoms with Gasteiger partial charge in [0.25, 0.3) is 5.91 Å². The third kappa shape index (κ3) is 4.64. The average Bonchev–Trinajstić information content (AvgIpc) is 3.48. The second kappa shape index (κ2) is 9.32. The molecule has 0 aliphatic carbocycles. The van der Waals surface area contributed by atoms with Crippen molar-refractivity contribution < 1.29 is 17.9 Å². The van der Waals surface area contributed by atoms with Crippen LogP contribution < -0.4 is 10.1 Å². The van der Waals surface area contributed by atoms with Gasteiger partial charge < -0.3 is 10.1 Å². The summed E-state index contributed by atoms with van der Waals surface area (Å²) in [6.45, 7) is 3.07. The molecule has 10 heteroatoms. The highest BCUT2D eigenvalue weighted by atomic mass is 35.5. The fourth-order valence-electron chi connectivity index (χ4n) is 3.53. The summed E-state index contributed by atoms with van der Waals surface area (Å²) in [5.74, 6) is -0.193. The summed E-state index contributed by atoms with van der Waals surface area (Å²) >= 11 is 6.02. The highest BCUT2D eigenvalue weighted by Gasteiger charge is 2.30. The summed E-state index contributed by atoms with van der Waals surface area (Å²) in [6.07, 6.45) is 3.31. The predicted molar refractivity (Wildman–Crippen MR) is 122 cm³/mol. The van der Waals surface area contributed by atoms with Crippen LogP contribution in [-0.2, 0) is 10.0 Å². The molecule has 4 rings (SSSR count). The van der Waals surface area contributed by atoms with Crippen LogP contribution in [-0.4, -0.2) is 48.1 Å². The van der Waals surface area contributed by atoms with Gasteiger partial charge in [-0.25, -0.2) is 13.1 Å². The second-order valence-electron chi connectivity index (χ2n) is 7.29. The summed E-state index contributed by atoms with van der Waals surface area (Å²) in [7, 11) is -3.73. The number of anilines is 1. The molecule has 168 valence electrons. The van der Waals surface area contributed by atoms with Crippen LogP contribution in [0.5, 0.6) is 5.75 Å². The van der Waals surface area contributed by atoms with Gasteiger partial charge in [-0.15, -0.1) is 0 Å². The number of halogens is 1. The maximum Gasteiger partial charge on any atom is 0.276 e. The lowest BCUT2D eigenvalue weighted by Gasteiger charge is -2.19. The maximum atomic E-state index is 13.1. The third-order valence-corrected chi connectivity index (χ3v) is 7.23. The number of hydrogen-bond acceptors (Lipinski definition) is 5. The van der Waals surface area contributed by atoms with Crippen LogP contribution in [0.4, 0.5) is 5.69 Å². The molecule has 0 spiro atoms. The van der Waals surface area contributed by atoms with E-state index >= 15 is 0 Å². The minimum atomic E-state index is -3.73. The number of rotatable bonds is 7. The summed E-state index contributed by atoms with van der Waals surface area (Å²) in [5.41, 5.74) is 1.24. The standard InChI is InChI=1S/C22H23ClN4O4S/c1-2-31-20-9-8-17(15-21(20)32(29,30)26-11-3-4-12-26)24-22(28)19-10-13-27(25-19)18-7-5-6-16(23)14-18/h5-10,13-15H,2-4,11-12H2,1H3,(H,24,28). The zero-order chi connectivity index (χ0) is 22.7. The van der Waals surface area contributed by atoms with Crippen LogP contribution >= 0.6 is 11.6 Å². The fraction of sp³-hybridized carbons (Fsp3) is 0.273. The quantitative estimate of drug-likeness (QED) is 0.559. The summed E-state index contributed by atoms with van der Waals surface area (Å²) in [6, 6.07) is 13.3. The van der Waals surface area contributed by atoms with E-state index in [1.54, 1.807) is 54.2 Å².